The number of hydrogen-bond donors (Lipinski definition) is 0. The Morgan fingerprint density at radius 3 is 1.52 bits per heavy atom. The molecule has 0 fully saturated rings. The summed E-state index contributed by atoms with van der Waals surface area (Å²) in [5, 5.41) is 5.10. The monoisotopic (exact) mass is 593 g/mol. The number of nitrogens with zero attached hydrogens (tertiary/aromatic N) is 1. The molecule has 0 heterocycles. The quantitative estimate of drug-likeness (QED) is 0.192. The lowest BCUT2D eigenvalue weighted by Crippen LogP contribution is -2.10. The molecule has 8 rings (SSSR count). The normalized spacial score (nSPS) is 12.2. The molecule has 7 aromatic carbocycles. The van der Waals surface area contributed by atoms with E-state index in [1.54, 1.807) is 0 Å². The molecule has 7 aromatic rings. The molecule has 224 valence electrons. The van der Waals surface area contributed by atoms with Gasteiger partial charge >= 0.3 is 0 Å². The Balaban J connectivity index is 1.17. The molecule has 0 saturated heterocycles. The van der Waals surface area contributed by atoms with Crippen molar-refractivity contribution in [2.75, 3.05) is 4.90 Å². The summed E-state index contributed by atoms with van der Waals surface area (Å²) in [6, 6.07) is 52.1. The van der Waals surface area contributed by atoms with Crippen LogP contribution in [0, 0.1) is 0 Å². The zero-order valence-electron chi connectivity index (χ0n) is 27.3. The summed E-state index contributed by atoms with van der Waals surface area (Å²) in [5.74, 6) is 0.504. The van der Waals surface area contributed by atoms with Crippen LogP contribution >= 0.6 is 0 Å². The van der Waals surface area contributed by atoms with Gasteiger partial charge in [0.1, 0.15) is 0 Å². The zero-order chi connectivity index (χ0) is 31.6. The van der Waals surface area contributed by atoms with Crippen molar-refractivity contribution in [3.63, 3.8) is 0 Å². The highest BCUT2D eigenvalue weighted by Gasteiger charge is 2.24. The fourth-order valence-electron chi connectivity index (χ4n) is 6.93. The molecule has 0 aliphatic heterocycles. The number of fused-ring (bicyclic) bond motifs is 6. The van der Waals surface area contributed by atoms with Gasteiger partial charge in [0.15, 0.2) is 0 Å². The molecule has 0 aromatic heterocycles. The largest absolute Gasteiger partial charge is 0.310 e. The van der Waals surface area contributed by atoms with E-state index in [2.05, 4.69) is 179 Å². The van der Waals surface area contributed by atoms with Crippen LogP contribution < -0.4 is 4.90 Å². The summed E-state index contributed by atoms with van der Waals surface area (Å²) >= 11 is 0. The molecule has 0 bridgehead atoms. The van der Waals surface area contributed by atoms with Crippen LogP contribution in [0.2, 0.25) is 0 Å². The van der Waals surface area contributed by atoms with E-state index in [1.807, 2.05) is 0 Å². The van der Waals surface area contributed by atoms with Crippen LogP contribution in [0.25, 0.3) is 54.9 Å². The second-order valence-corrected chi connectivity index (χ2v) is 14.1. The van der Waals surface area contributed by atoms with Gasteiger partial charge in [0.25, 0.3) is 0 Å². The van der Waals surface area contributed by atoms with Crippen LogP contribution in [0.1, 0.15) is 51.7 Å². The second kappa shape index (κ2) is 10.7. The topological polar surface area (TPSA) is 3.24 Å². The Kier molecular flexibility index (Phi) is 6.62. The molecular weight excluding hydrogens is 555 g/mol. The Morgan fingerprint density at radius 1 is 0.435 bits per heavy atom. The second-order valence-electron chi connectivity index (χ2n) is 14.1. The molecule has 0 atom stereocenters. The molecule has 0 unspecified atom stereocenters. The van der Waals surface area contributed by atoms with Gasteiger partial charge in [0.05, 0.1) is 0 Å². The first-order valence-corrected chi connectivity index (χ1v) is 16.5. The average molecular weight is 594 g/mol. The van der Waals surface area contributed by atoms with Crippen LogP contribution in [-0.2, 0) is 5.41 Å². The maximum absolute atomic E-state index is 2.39. The van der Waals surface area contributed by atoms with E-state index in [0.29, 0.717) is 5.92 Å². The third kappa shape index (κ3) is 4.88. The third-order valence-electron chi connectivity index (χ3n) is 9.69. The van der Waals surface area contributed by atoms with Gasteiger partial charge in [0.2, 0.25) is 0 Å². The van der Waals surface area contributed by atoms with Crippen LogP contribution in [0.3, 0.4) is 0 Å². The highest BCUT2D eigenvalue weighted by Crippen LogP contribution is 2.51. The van der Waals surface area contributed by atoms with Crippen molar-refractivity contribution in [2.24, 2.45) is 0 Å². The van der Waals surface area contributed by atoms with E-state index in [9.17, 15) is 0 Å². The van der Waals surface area contributed by atoms with Crippen LogP contribution in [0.4, 0.5) is 17.1 Å². The first-order valence-electron chi connectivity index (χ1n) is 16.5. The smallest absolute Gasteiger partial charge is 0.0468 e. The Labute approximate surface area is 272 Å². The number of benzene rings is 7. The molecular formula is C45H39N. The SMILES string of the molecule is CC(C)c1ccc(N(c2ccccc2)c2ccc3cc4c(cc3c2)-c2cc3cc(-c5ccc(C(C)(C)C)cc5)ccc3cc2-4)cc1. The van der Waals surface area contributed by atoms with Gasteiger partial charge in [-0.05, 0) is 144 Å². The molecule has 1 aliphatic carbocycles. The fraction of sp³-hybridized carbons (Fsp3) is 0.156. The van der Waals surface area contributed by atoms with E-state index in [4.69, 9.17) is 0 Å². The summed E-state index contributed by atoms with van der Waals surface area (Å²) in [6.45, 7) is 11.3. The summed E-state index contributed by atoms with van der Waals surface area (Å²) in [5.41, 5.74) is 14.3. The first kappa shape index (κ1) is 28.3. The molecule has 1 aliphatic rings. The van der Waals surface area contributed by atoms with E-state index in [1.165, 1.54) is 71.7 Å². The number of anilines is 3. The minimum Gasteiger partial charge on any atom is -0.310 e. The molecule has 0 saturated carbocycles. The minimum absolute atomic E-state index is 0.154. The van der Waals surface area contributed by atoms with Gasteiger partial charge in [-0.1, -0.05) is 107 Å². The Morgan fingerprint density at radius 2 is 0.935 bits per heavy atom. The van der Waals surface area contributed by atoms with Crippen LogP contribution in [-0.4, -0.2) is 0 Å². The lowest BCUT2D eigenvalue weighted by Gasteiger charge is -2.28. The minimum atomic E-state index is 0.154. The molecule has 1 heteroatoms. The van der Waals surface area contributed by atoms with E-state index < -0.39 is 0 Å². The number of para-hydroxylation sites is 1. The van der Waals surface area contributed by atoms with Crippen LogP contribution in [0.5, 0.6) is 0 Å². The predicted octanol–water partition coefficient (Wildman–Crippen LogP) is 13.2. The maximum atomic E-state index is 2.39. The van der Waals surface area contributed by atoms with Crippen molar-refractivity contribution in [1.29, 1.82) is 0 Å². The number of rotatable bonds is 5. The van der Waals surface area contributed by atoms with Gasteiger partial charge in [-0.25, -0.2) is 0 Å². The van der Waals surface area contributed by atoms with Crippen molar-refractivity contribution in [2.45, 2.75) is 46.0 Å². The molecule has 46 heavy (non-hydrogen) atoms. The van der Waals surface area contributed by atoms with Crippen molar-refractivity contribution in [3.8, 4) is 33.4 Å². The summed E-state index contributed by atoms with van der Waals surface area (Å²) < 4.78 is 0. The molecule has 1 nitrogen and oxygen atoms in total. The van der Waals surface area contributed by atoms with Gasteiger partial charge in [-0.2, -0.15) is 0 Å². The Bertz CT molecular complexity index is 2230. The van der Waals surface area contributed by atoms with Crippen molar-refractivity contribution < 1.29 is 0 Å². The van der Waals surface area contributed by atoms with Crippen molar-refractivity contribution in [3.05, 3.63) is 151 Å². The zero-order valence-corrected chi connectivity index (χ0v) is 27.3. The third-order valence-corrected chi connectivity index (χ3v) is 9.69. The first-order chi connectivity index (χ1) is 22.2. The van der Waals surface area contributed by atoms with Gasteiger partial charge in [-0.3, -0.25) is 0 Å². The van der Waals surface area contributed by atoms with Crippen LogP contribution in [0.15, 0.2) is 140 Å². The van der Waals surface area contributed by atoms with Gasteiger partial charge < -0.3 is 4.90 Å². The van der Waals surface area contributed by atoms with Crippen molar-refractivity contribution >= 4 is 38.6 Å². The standard InChI is InChI=1S/C45H39N/c1-29(2)30-15-20-39(21-16-30)46(38-9-7-6-8-10-38)40-22-17-34-26-42-41-25-33-12-11-32(31-13-18-37(19-14-31)45(3,4)5)23-35(33)27-43(41)44(42)28-36(34)24-40/h6-29H,1-5H3. The lowest BCUT2D eigenvalue weighted by atomic mass is 9.77. The van der Waals surface area contributed by atoms with E-state index in [0.717, 1.165) is 11.4 Å². The van der Waals surface area contributed by atoms with Gasteiger partial charge in [0, 0.05) is 17.1 Å². The predicted molar refractivity (Wildman–Crippen MR) is 199 cm³/mol. The fourth-order valence-corrected chi connectivity index (χ4v) is 6.93. The van der Waals surface area contributed by atoms with E-state index >= 15 is 0 Å². The average Bonchev–Trinajstić information content (AvgIpc) is 3.07. The highest BCUT2D eigenvalue weighted by molar-refractivity contribution is 6.12. The summed E-state index contributed by atoms with van der Waals surface area (Å²) in [4.78, 5) is 2.36. The lowest BCUT2D eigenvalue weighted by molar-refractivity contribution is 0.590. The molecule has 0 N–H and O–H groups in total. The summed E-state index contributed by atoms with van der Waals surface area (Å²) in [7, 11) is 0. The highest BCUT2D eigenvalue weighted by atomic mass is 15.1. The molecule has 0 radical (unpaired) electrons. The van der Waals surface area contributed by atoms with Crippen molar-refractivity contribution in [1.82, 2.24) is 0 Å². The maximum Gasteiger partial charge on any atom is 0.0468 e. The number of hydrogen-bond acceptors (Lipinski definition) is 1. The van der Waals surface area contributed by atoms with Gasteiger partial charge in [-0.15, -0.1) is 0 Å². The van der Waals surface area contributed by atoms with E-state index in [-0.39, 0.29) is 5.41 Å². The summed E-state index contributed by atoms with van der Waals surface area (Å²) in [6.07, 6.45) is 0. The molecule has 0 spiro atoms. The molecule has 0 amide bonds. The Hall–Kier alpha value is -5.14.